The molecule has 0 spiro atoms. The molecule has 0 aromatic rings. The summed E-state index contributed by atoms with van der Waals surface area (Å²) in [5, 5.41) is 1.84. The van der Waals surface area contributed by atoms with E-state index in [1.54, 1.807) is 0 Å². The summed E-state index contributed by atoms with van der Waals surface area (Å²) in [4.78, 5) is 20.4. The van der Waals surface area contributed by atoms with Crippen LogP contribution >= 0.6 is 0 Å². The van der Waals surface area contributed by atoms with Crippen LogP contribution < -0.4 is 5.32 Å². The Labute approximate surface area is 57.6 Å². The van der Waals surface area contributed by atoms with Crippen molar-refractivity contribution in [3.8, 4) is 0 Å². The second-order valence-electron chi connectivity index (χ2n) is 1.71. The first kappa shape index (κ1) is 6.94. The van der Waals surface area contributed by atoms with E-state index in [1.165, 1.54) is 0 Å². The molecule has 0 aromatic heterocycles. The number of carbonyl (C=O) groups is 2. The van der Waals surface area contributed by atoms with Gasteiger partial charge in [-0.2, -0.15) is 8.42 Å². The zero-order chi connectivity index (χ0) is 7.72. The highest BCUT2D eigenvalue weighted by Crippen LogP contribution is 1.93. The molecule has 1 aliphatic rings. The van der Waals surface area contributed by atoms with Crippen molar-refractivity contribution >= 4 is 27.0 Å². The Balaban J connectivity index is 3.18. The third-order valence-corrected chi connectivity index (χ3v) is 1.76. The van der Waals surface area contributed by atoms with Gasteiger partial charge in [0, 0.05) is 0 Å². The van der Waals surface area contributed by atoms with Crippen LogP contribution in [0.15, 0.2) is 0 Å². The van der Waals surface area contributed by atoms with Crippen LogP contribution in [0.3, 0.4) is 0 Å². The van der Waals surface area contributed by atoms with Crippen molar-refractivity contribution in [1.29, 1.82) is 0 Å². The molecule has 0 unspecified atom stereocenters. The van der Waals surface area contributed by atoms with E-state index >= 15 is 0 Å². The highest BCUT2D eigenvalue weighted by molar-refractivity contribution is 7.75. The van der Waals surface area contributed by atoms with Crippen LogP contribution in [-0.2, 0) is 19.9 Å². The number of amides is 2. The van der Waals surface area contributed by atoms with Gasteiger partial charge in [0.1, 0.15) is 4.86 Å². The molecule has 1 fully saturated rings. The van der Waals surface area contributed by atoms with Gasteiger partial charge in [0.25, 0.3) is 5.91 Å². The van der Waals surface area contributed by atoms with E-state index in [0.717, 1.165) is 0 Å². The third-order valence-electron chi connectivity index (χ3n) is 1.03. The van der Waals surface area contributed by atoms with Crippen LogP contribution in [0.1, 0.15) is 6.42 Å². The first-order valence-electron chi connectivity index (χ1n) is 2.40. The highest BCUT2D eigenvalue weighted by Gasteiger charge is 2.26. The van der Waals surface area contributed by atoms with E-state index in [9.17, 15) is 18.0 Å². The van der Waals surface area contributed by atoms with E-state index in [1.807, 2.05) is 5.32 Å². The van der Waals surface area contributed by atoms with Crippen molar-refractivity contribution in [3.05, 3.63) is 0 Å². The van der Waals surface area contributed by atoms with Gasteiger partial charge < -0.3 is 0 Å². The summed E-state index contributed by atoms with van der Waals surface area (Å²) in [6, 6.07) is 0. The Morgan fingerprint density at radius 3 is 2.10 bits per heavy atom. The topological polar surface area (TPSA) is 80.3 Å². The fourth-order valence-electron chi connectivity index (χ4n) is 0.601. The molecule has 0 bridgehead atoms. The third kappa shape index (κ3) is 1.06. The molecule has 1 N–H and O–H groups in total. The molecule has 0 aromatic carbocycles. The van der Waals surface area contributed by atoms with Crippen LogP contribution in [-0.4, -0.2) is 25.1 Å². The highest BCUT2D eigenvalue weighted by atomic mass is 32.2. The molecule has 1 aliphatic heterocycles. The summed E-state index contributed by atoms with van der Waals surface area (Å²) < 4.78 is 20.2. The number of imide groups is 1. The fourth-order valence-corrected chi connectivity index (χ4v) is 1.05. The lowest BCUT2D eigenvalue weighted by atomic mass is 10.4. The number of carbonyl (C=O) groups excluding carboxylic acids is 2. The van der Waals surface area contributed by atoms with E-state index < -0.39 is 22.1 Å². The second kappa shape index (κ2) is 2.22. The van der Waals surface area contributed by atoms with Gasteiger partial charge in [-0.15, -0.1) is 0 Å². The fraction of sp³-hybridized carbons (Fsp3) is 0.250. The quantitative estimate of drug-likeness (QED) is 0.332. The standard InChI is InChI=1S/C4H3NO4S/c6-3-1-2(10(8)9)4(7)5-3/h1H2,(H,5,6,7). The van der Waals surface area contributed by atoms with E-state index in [4.69, 9.17) is 0 Å². The van der Waals surface area contributed by atoms with Gasteiger partial charge in [0.05, 0.1) is 6.42 Å². The van der Waals surface area contributed by atoms with Crippen molar-refractivity contribution in [2.24, 2.45) is 0 Å². The van der Waals surface area contributed by atoms with Crippen LogP contribution in [0.2, 0.25) is 0 Å². The van der Waals surface area contributed by atoms with Gasteiger partial charge in [-0.05, 0) is 0 Å². The van der Waals surface area contributed by atoms with Crippen molar-refractivity contribution in [1.82, 2.24) is 5.32 Å². The summed E-state index contributed by atoms with van der Waals surface area (Å²) in [5.74, 6) is -1.37. The molecule has 54 valence electrons. The van der Waals surface area contributed by atoms with Crippen molar-refractivity contribution in [2.45, 2.75) is 6.42 Å². The Morgan fingerprint density at radius 1 is 1.30 bits per heavy atom. The molecular weight excluding hydrogens is 158 g/mol. The lowest BCUT2D eigenvalue weighted by molar-refractivity contribution is -0.123. The van der Waals surface area contributed by atoms with Gasteiger partial charge in [-0.1, -0.05) is 0 Å². The summed E-state index contributed by atoms with van der Waals surface area (Å²) in [6.45, 7) is 0. The molecule has 10 heavy (non-hydrogen) atoms. The van der Waals surface area contributed by atoms with E-state index in [0.29, 0.717) is 0 Å². The molecule has 2 amide bonds. The Bertz CT molecular complexity index is 317. The van der Waals surface area contributed by atoms with Gasteiger partial charge in [0.2, 0.25) is 16.2 Å². The average molecular weight is 161 g/mol. The van der Waals surface area contributed by atoms with Crippen LogP contribution in [0.5, 0.6) is 0 Å². The minimum absolute atomic E-state index is 0.324. The van der Waals surface area contributed by atoms with Crippen molar-refractivity contribution in [3.63, 3.8) is 0 Å². The molecule has 0 saturated carbocycles. The van der Waals surface area contributed by atoms with E-state index in [-0.39, 0.29) is 11.3 Å². The maximum atomic E-state index is 10.5. The maximum Gasteiger partial charge on any atom is 0.269 e. The van der Waals surface area contributed by atoms with Gasteiger partial charge in [-0.3, -0.25) is 14.9 Å². The SMILES string of the molecule is O=C1CC(=S(=O)=O)C(=O)N1. The summed E-state index contributed by atoms with van der Waals surface area (Å²) in [7, 11) is -2.56. The number of hydrogen-bond donors (Lipinski definition) is 1. The van der Waals surface area contributed by atoms with Crippen LogP contribution in [0.25, 0.3) is 0 Å². The predicted octanol–water partition coefficient (Wildman–Crippen LogP) is -1.92. The normalized spacial score (nSPS) is 17.4. The van der Waals surface area contributed by atoms with Gasteiger partial charge in [-0.25, -0.2) is 0 Å². The molecule has 1 saturated heterocycles. The minimum Gasteiger partial charge on any atom is -0.291 e. The number of hydrogen-bond acceptors (Lipinski definition) is 4. The lowest BCUT2D eigenvalue weighted by Crippen LogP contribution is -2.22. The maximum absolute atomic E-state index is 10.5. The molecule has 1 heterocycles. The largest absolute Gasteiger partial charge is 0.291 e. The zero-order valence-corrected chi connectivity index (χ0v) is 5.56. The molecule has 5 nitrogen and oxygen atoms in total. The number of rotatable bonds is 0. The monoisotopic (exact) mass is 161 g/mol. The smallest absolute Gasteiger partial charge is 0.269 e. The molecule has 1 rings (SSSR count). The first-order chi connectivity index (χ1) is 4.61. The summed E-state index contributed by atoms with van der Waals surface area (Å²) in [6.07, 6.45) is -0.324. The Hall–Kier alpha value is -1.17. The zero-order valence-electron chi connectivity index (χ0n) is 4.75. The molecule has 0 atom stereocenters. The molecule has 0 aliphatic carbocycles. The summed E-state index contributed by atoms with van der Waals surface area (Å²) in [5.41, 5.74) is 0. The minimum atomic E-state index is -2.56. The molecule has 6 heteroatoms. The molecule has 0 radical (unpaired) electrons. The van der Waals surface area contributed by atoms with Crippen molar-refractivity contribution < 1.29 is 18.0 Å². The molecular formula is C4H3NO4S. The van der Waals surface area contributed by atoms with Crippen molar-refractivity contribution in [2.75, 3.05) is 0 Å². The first-order valence-corrected chi connectivity index (χ1v) is 3.48. The lowest BCUT2D eigenvalue weighted by Gasteiger charge is -1.79. The van der Waals surface area contributed by atoms with Gasteiger partial charge in [0.15, 0.2) is 0 Å². The number of nitrogens with one attached hydrogen (secondary N) is 1. The second-order valence-corrected chi connectivity index (χ2v) is 2.67. The Morgan fingerprint density at radius 2 is 1.90 bits per heavy atom. The van der Waals surface area contributed by atoms with Gasteiger partial charge >= 0.3 is 0 Å². The predicted molar refractivity (Wildman–Crippen MR) is 31.7 cm³/mol. The van der Waals surface area contributed by atoms with E-state index in [2.05, 4.69) is 0 Å². The Kier molecular flexibility index (Phi) is 1.54. The van der Waals surface area contributed by atoms with Crippen LogP contribution in [0, 0.1) is 0 Å². The summed E-state index contributed by atoms with van der Waals surface area (Å²) >= 11 is 0. The van der Waals surface area contributed by atoms with Crippen LogP contribution in [0.4, 0.5) is 0 Å². The average Bonchev–Trinajstić information content (AvgIpc) is 2.10.